The summed E-state index contributed by atoms with van der Waals surface area (Å²) in [6, 6.07) is 3.86. The quantitative estimate of drug-likeness (QED) is 0.859. The SMILES string of the molecule is Cc1ccc(C(=O)NC2(C)CCNCC2)n1C.Cl. The molecule has 0 spiro atoms. The van der Waals surface area contributed by atoms with Gasteiger partial charge in [0.1, 0.15) is 5.69 Å². The van der Waals surface area contributed by atoms with Crippen LogP contribution in [0.15, 0.2) is 12.1 Å². The molecule has 0 bridgehead atoms. The zero-order valence-electron chi connectivity index (χ0n) is 11.2. The summed E-state index contributed by atoms with van der Waals surface area (Å²) in [5, 5.41) is 6.48. The molecule has 0 atom stereocenters. The highest BCUT2D eigenvalue weighted by molar-refractivity contribution is 5.93. The van der Waals surface area contributed by atoms with Crippen molar-refractivity contribution in [2.24, 2.45) is 7.05 Å². The van der Waals surface area contributed by atoms with Crippen molar-refractivity contribution in [2.75, 3.05) is 13.1 Å². The van der Waals surface area contributed by atoms with E-state index in [2.05, 4.69) is 17.6 Å². The van der Waals surface area contributed by atoms with Crippen LogP contribution >= 0.6 is 12.4 Å². The van der Waals surface area contributed by atoms with E-state index in [4.69, 9.17) is 0 Å². The van der Waals surface area contributed by atoms with E-state index in [1.165, 1.54) is 0 Å². The van der Waals surface area contributed by atoms with Crippen LogP contribution in [-0.4, -0.2) is 29.1 Å². The normalized spacial score (nSPS) is 17.9. The van der Waals surface area contributed by atoms with Crippen LogP contribution in [0.1, 0.15) is 35.9 Å². The lowest BCUT2D eigenvalue weighted by molar-refractivity contribution is 0.0879. The molecule has 2 N–H and O–H groups in total. The molecule has 102 valence electrons. The summed E-state index contributed by atoms with van der Waals surface area (Å²) in [5.74, 6) is 0.0324. The molecule has 1 aliphatic rings. The van der Waals surface area contributed by atoms with Gasteiger partial charge in [-0.1, -0.05) is 0 Å². The summed E-state index contributed by atoms with van der Waals surface area (Å²) >= 11 is 0. The number of hydrogen-bond acceptors (Lipinski definition) is 2. The van der Waals surface area contributed by atoms with Crippen molar-refractivity contribution in [1.82, 2.24) is 15.2 Å². The largest absolute Gasteiger partial charge is 0.346 e. The fourth-order valence-electron chi connectivity index (χ4n) is 2.28. The molecule has 2 rings (SSSR count). The number of hydrogen-bond donors (Lipinski definition) is 2. The Morgan fingerprint density at radius 1 is 1.39 bits per heavy atom. The van der Waals surface area contributed by atoms with Crippen LogP contribution in [0, 0.1) is 6.92 Å². The number of aromatic nitrogens is 1. The maximum atomic E-state index is 12.2. The Morgan fingerprint density at radius 2 is 2.00 bits per heavy atom. The third-order valence-corrected chi connectivity index (χ3v) is 3.73. The summed E-state index contributed by atoms with van der Waals surface area (Å²) in [7, 11) is 1.93. The molecule has 1 fully saturated rings. The first-order valence-corrected chi connectivity index (χ1v) is 6.17. The zero-order valence-corrected chi connectivity index (χ0v) is 12.1. The molecule has 1 amide bonds. The van der Waals surface area contributed by atoms with Gasteiger partial charge in [0.05, 0.1) is 0 Å². The Balaban J connectivity index is 0.00000162. The topological polar surface area (TPSA) is 46.1 Å². The average Bonchev–Trinajstić information content (AvgIpc) is 2.60. The molecule has 5 heteroatoms. The van der Waals surface area contributed by atoms with Crippen LogP contribution < -0.4 is 10.6 Å². The van der Waals surface area contributed by atoms with Gasteiger partial charge in [0.25, 0.3) is 5.91 Å². The van der Waals surface area contributed by atoms with E-state index >= 15 is 0 Å². The average molecular weight is 272 g/mol. The van der Waals surface area contributed by atoms with Crippen molar-refractivity contribution in [3.05, 3.63) is 23.5 Å². The van der Waals surface area contributed by atoms with Crippen molar-refractivity contribution in [1.29, 1.82) is 0 Å². The highest BCUT2D eigenvalue weighted by atomic mass is 35.5. The van der Waals surface area contributed by atoms with Crippen molar-refractivity contribution in [3.8, 4) is 0 Å². The van der Waals surface area contributed by atoms with Crippen molar-refractivity contribution in [2.45, 2.75) is 32.2 Å². The molecule has 4 nitrogen and oxygen atoms in total. The summed E-state index contributed by atoms with van der Waals surface area (Å²) in [5.41, 5.74) is 1.77. The predicted molar refractivity (Wildman–Crippen MR) is 75.4 cm³/mol. The fraction of sp³-hybridized carbons (Fsp3) is 0.615. The Labute approximate surface area is 115 Å². The zero-order chi connectivity index (χ0) is 12.5. The predicted octanol–water partition coefficient (Wildman–Crippen LogP) is 1.63. The first kappa shape index (κ1) is 15.1. The number of aryl methyl sites for hydroxylation is 1. The number of carbonyl (C=O) groups excluding carboxylic acids is 1. The molecule has 0 radical (unpaired) electrons. The third kappa shape index (κ3) is 3.06. The fourth-order valence-corrected chi connectivity index (χ4v) is 2.28. The number of nitrogens with one attached hydrogen (secondary N) is 2. The third-order valence-electron chi connectivity index (χ3n) is 3.73. The van der Waals surface area contributed by atoms with Gasteiger partial charge < -0.3 is 15.2 Å². The van der Waals surface area contributed by atoms with Crippen LogP contribution in [0.4, 0.5) is 0 Å². The Hall–Kier alpha value is -1.00. The van der Waals surface area contributed by atoms with Crippen LogP contribution in [0.2, 0.25) is 0 Å². The molecule has 0 saturated carbocycles. The first-order valence-electron chi connectivity index (χ1n) is 6.17. The number of carbonyl (C=O) groups is 1. The highest BCUT2D eigenvalue weighted by Gasteiger charge is 2.29. The maximum absolute atomic E-state index is 12.2. The van der Waals surface area contributed by atoms with Gasteiger partial charge in [-0.05, 0) is 51.9 Å². The highest BCUT2D eigenvalue weighted by Crippen LogP contribution is 2.18. The molecule has 2 heterocycles. The Kier molecular flexibility index (Phi) is 4.82. The smallest absolute Gasteiger partial charge is 0.268 e. The first-order chi connectivity index (χ1) is 8.02. The minimum absolute atomic E-state index is 0. The molecular formula is C13H22ClN3O. The van der Waals surface area contributed by atoms with E-state index in [9.17, 15) is 4.79 Å². The van der Waals surface area contributed by atoms with Crippen LogP contribution in [0.3, 0.4) is 0 Å². The molecule has 1 aromatic rings. The monoisotopic (exact) mass is 271 g/mol. The molecule has 18 heavy (non-hydrogen) atoms. The minimum atomic E-state index is -0.0689. The lowest BCUT2D eigenvalue weighted by atomic mass is 9.90. The lowest BCUT2D eigenvalue weighted by Crippen LogP contribution is -2.52. The molecule has 0 aromatic carbocycles. The van der Waals surface area contributed by atoms with Crippen molar-refractivity contribution < 1.29 is 4.79 Å². The minimum Gasteiger partial charge on any atom is -0.346 e. The van der Waals surface area contributed by atoms with Crippen molar-refractivity contribution >= 4 is 18.3 Å². The van der Waals surface area contributed by atoms with E-state index in [0.29, 0.717) is 0 Å². The van der Waals surface area contributed by atoms with Crippen LogP contribution in [0.5, 0.6) is 0 Å². The van der Waals surface area contributed by atoms with E-state index in [0.717, 1.165) is 37.3 Å². The van der Waals surface area contributed by atoms with Gasteiger partial charge in [-0.2, -0.15) is 0 Å². The molecular weight excluding hydrogens is 250 g/mol. The summed E-state index contributed by atoms with van der Waals surface area (Å²) in [4.78, 5) is 12.2. The van der Waals surface area contributed by atoms with Gasteiger partial charge in [0.2, 0.25) is 0 Å². The lowest BCUT2D eigenvalue weighted by Gasteiger charge is -2.35. The standard InChI is InChI=1S/C13H21N3O.ClH/c1-10-4-5-11(16(10)3)12(17)15-13(2)6-8-14-9-7-13;/h4-5,14H,6-9H2,1-3H3,(H,15,17);1H. The van der Waals surface area contributed by atoms with Crippen LogP contribution in [-0.2, 0) is 7.05 Å². The Bertz CT molecular complexity index is 422. The van der Waals surface area contributed by atoms with Crippen LogP contribution in [0.25, 0.3) is 0 Å². The van der Waals surface area contributed by atoms with Gasteiger partial charge in [-0.15, -0.1) is 12.4 Å². The summed E-state index contributed by atoms with van der Waals surface area (Å²) in [6.07, 6.45) is 1.98. The number of amides is 1. The Morgan fingerprint density at radius 3 is 2.50 bits per heavy atom. The number of halogens is 1. The number of rotatable bonds is 2. The second kappa shape index (κ2) is 5.76. The van der Waals surface area contributed by atoms with E-state index in [1.54, 1.807) is 0 Å². The number of nitrogens with zero attached hydrogens (tertiary/aromatic N) is 1. The van der Waals surface area contributed by atoms with Gasteiger partial charge >= 0.3 is 0 Å². The summed E-state index contributed by atoms with van der Waals surface area (Å²) in [6.45, 7) is 6.08. The second-order valence-corrected chi connectivity index (χ2v) is 5.18. The van der Waals surface area contributed by atoms with Gasteiger partial charge in [-0.25, -0.2) is 0 Å². The number of piperidine rings is 1. The second-order valence-electron chi connectivity index (χ2n) is 5.18. The molecule has 0 unspecified atom stereocenters. The van der Waals surface area contributed by atoms with Gasteiger partial charge in [0, 0.05) is 18.3 Å². The summed E-state index contributed by atoms with van der Waals surface area (Å²) < 4.78 is 1.93. The van der Waals surface area contributed by atoms with E-state index in [-0.39, 0.29) is 23.9 Å². The van der Waals surface area contributed by atoms with E-state index < -0.39 is 0 Å². The molecule has 1 aliphatic heterocycles. The maximum Gasteiger partial charge on any atom is 0.268 e. The molecule has 1 saturated heterocycles. The van der Waals surface area contributed by atoms with Gasteiger partial charge in [0.15, 0.2) is 0 Å². The van der Waals surface area contributed by atoms with Crippen molar-refractivity contribution in [3.63, 3.8) is 0 Å². The van der Waals surface area contributed by atoms with E-state index in [1.807, 2.05) is 30.7 Å². The van der Waals surface area contributed by atoms with Gasteiger partial charge in [-0.3, -0.25) is 4.79 Å². The molecule has 1 aromatic heterocycles. The molecule has 0 aliphatic carbocycles.